The van der Waals surface area contributed by atoms with E-state index in [0.29, 0.717) is 12.6 Å². The second-order valence-corrected chi connectivity index (χ2v) is 6.34. The number of nitrogens with one attached hydrogen (secondary N) is 1. The smallest absolute Gasteiger partial charge is 0.225 e. The highest BCUT2D eigenvalue weighted by Crippen LogP contribution is 2.36. The largest absolute Gasteiger partial charge is 0.371 e. The molecule has 2 aromatic heterocycles. The van der Waals surface area contributed by atoms with Gasteiger partial charge in [0.05, 0.1) is 24.8 Å². The Hall–Kier alpha value is -2.28. The van der Waals surface area contributed by atoms with Gasteiger partial charge >= 0.3 is 0 Å². The van der Waals surface area contributed by atoms with Gasteiger partial charge in [-0.05, 0) is 25.0 Å². The summed E-state index contributed by atoms with van der Waals surface area (Å²) in [7, 11) is 0. The molecule has 0 radical (unpaired) electrons. The highest BCUT2D eigenvalue weighted by atomic mass is 16.5. The Kier molecular flexibility index (Phi) is 3.57. The number of hydrogen-bond donors (Lipinski definition) is 1. The van der Waals surface area contributed by atoms with Gasteiger partial charge in [-0.1, -0.05) is 0 Å². The predicted octanol–water partition coefficient (Wildman–Crippen LogP) is 1.42. The van der Waals surface area contributed by atoms with E-state index in [1.54, 1.807) is 12.4 Å². The van der Waals surface area contributed by atoms with E-state index < -0.39 is 0 Å². The zero-order valence-corrected chi connectivity index (χ0v) is 13.1. The molecule has 0 bridgehead atoms. The monoisotopic (exact) mass is 312 g/mol. The average Bonchev–Trinajstić information content (AvgIpc) is 3.16. The standard InChI is InChI=1S/C16H20N6O/c1-12-8-19-15(20-9-12)22-6-3-16(11-22)7-13(10-23-16)21-14-17-4-2-5-18-14/h2,4-5,8-9,13H,3,6-7,10-11H2,1H3,(H,17,18,21)/t13-,16-/m0/s1. The number of hydrogen-bond acceptors (Lipinski definition) is 7. The first-order valence-corrected chi connectivity index (χ1v) is 7.94. The van der Waals surface area contributed by atoms with Gasteiger partial charge in [0.2, 0.25) is 11.9 Å². The van der Waals surface area contributed by atoms with E-state index in [9.17, 15) is 0 Å². The van der Waals surface area contributed by atoms with E-state index in [4.69, 9.17) is 4.74 Å². The number of anilines is 2. The minimum Gasteiger partial charge on any atom is -0.371 e. The van der Waals surface area contributed by atoms with Crippen molar-refractivity contribution < 1.29 is 4.74 Å². The fourth-order valence-electron chi connectivity index (χ4n) is 3.34. The average molecular weight is 312 g/mol. The Morgan fingerprint density at radius 3 is 2.78 bits per heavy atom. The van der Waals surface area contributed by atoms with Crippen LogP contribution in [0.25, 0.3) is 0 Å². The van der Waals surface area contributed by atoms with Crippen LogP contribution in [-0.4, -0.2) is 51.3 Å². The van der Waals surface area contributed by atoms with Crippen LogP contribution < -0.4 is 10.2 Å². The highest BCUT2D eigenvalue weighted by Gasteiger charge is 2.46. The topological polar surface area (TPSA) is 76.1 Å². The van der Waals surface area contributed by atoms with E-state index in [-0.39, 0.29) is 11.6 Å². The first kappa shape index (κ1) is 14.3. The molecule has 2 aromatic rings. The van der Waals surface area contributed by atoms with E-state index >= 15 is 0 Å². The molecule has 0 amide bonds. The summed E-state index contributed by atoms with van der Waals surface area (Å²) in [5.74, 6) is 1.45. The highest BCUT2D eigenvalue weighted by molar-refractivity contribution is 5.34. The van der Waals surface area contributed by atoms with Gasteiger partial charge < -0.3 is 15.0 Å². The Bertz CT molecular complexity index is 664. The van der Waals surface area contributed by atoms with E-state index in [1.807, 2.05) is 25.4 Å². The third kappa shape index (κ3) is 2.96. The Morgan fingerprint density at radius 2 is 2.00 bits per heavy atom. The maximum Gasteiger partial charge on any atom is 0.225 e. The molecule has 4 rings (SSSR count). The van der Waals surface area contributed by atoms with Crippen molar-refractivity contribution in [3.63, 3.8) is 0 Å². The molecule has 0 aromatic carbocycles. The van der Waals surface area contributed by atoms with Crippen molar-refractivity contribution in [1.29, 1.82) is 0 Å². The summed E-state index contributed by atoms with van der Waals surface area (Å²) in [5.41, 5.74) is 0.965. The molecule has 2 fully saturated rings. The lowest BCUT2D eigenvalue weighted by Gasteiger charge is -2.23. The number of aryl methyl sites for hydroxylation is 1. The fraction of sp³-hybridized carbons (Fsp3) is 0.500. The predicted molar refractivity (Wildman–Crippen MR) is 86.3 cm³/mol. The summed E-state index contributed by atoms with van der Waals surface area (Å²) in [5, 5.41) is 3.36. The molecule has 7 nitrogen and oxygen atoms in total. The van der Waals surface area contributed by atoms with Gasteiger partial charge in [-0.15, -0.1) is 0 Å². The Morgan fingerprint density at radius 1 is 1.22 bits per heavy atom. The Labute approximate surface area is 135 Å². The normalized spacial score (nSPS) is 26.8. The lowest BCUT2D eigenvalue weighted by molar-refractivity contribution is 0.0228. The molecule has 2 saturated heterocycles. The van der Waals surface area contributed by atoms with Crippen LogP contribution in [0.15, 0.2) is 30.9 Å². The van der Waals surface area contributed by atoms with Crippen molar-refractivity contribution in [1.82, 2.24) is 19.9 Å². The van der Waals surface area contributed by atoms with Crippen molar-refractivity contribution in [2.75, 3.05) is 29.9 Å². The molecule has 0 aliphatic carbocycles. The van der Waals surface area contributed by atoms with Crippen LogP contribution in [0, 0.1) is 6.92 Å². The maximum absolute atomic E-state index is 6.15. The second-order valence-electron chi connectivity index (χ2n) is 6.34. The quantitative estimate of drug-likeness (QED) is 0.918. The van der Waals surface area contributed by atoms with Crippen molar-refractivity contribution >= 4 is 11.9 Å². The minimum atomic E-state index is -0.110. The molecule has 2 aliphatic heterocycles. The molecule has 0 unspecified atom stereocenters. The van der Waals surface area contributed by atoms with Crippen LogP contribution in [0.4, 0.5) is 11.9 Å². The van der Waals surface area contributed by atoms with Gasteiger partial charge in [-0.25, -0.2) is 19.9 Å². The van der Waals surface area contributed by atoms with Crippen molar-refractivity contribution in [2.45, 2.75) is 31.4 Å². The van der Waals surface area contributed by atoms with Gasteiger partial charge in [-0.2, -0.15) is 0 Å². The lowest BCUT2D eigenvalue weighted by Crippen LogP contribution is -2.34. The number of nitrogens with zero attached hydrogens (tertiary/aromatic N) is 5. The molecule has 23 heavy (non-hydrogen) atoms. The first-order valence-electron chi connectivity index (χ1n) is 7.94. The van der Waals surface area contributed by atoms with Gasteiger partial charge in [0.25, 0.3) is 0 Å². The molecular weight excluding hydrogens is 292 g/mol. The summed E-state index contributed by atoms with van der Waals surface area (Å²) in [4.78, 5) is 19.5. The summed E-state index contributed by atoms with van der Waals surface area (Å²) < 4.78 is 6.15. The number of rotatable bonds is 3. The van der Waals surface area contributed by atoms with Gasteiger partial charge in [-0.3, -0.25) is 0 Å². The first-order chi connectivity index (χ1) is 11.2. The summed E-state index contributed by atoms with van der Waals surface area (Å²) in [6.07, 6.45) is 9.16. The number of ether oxygens (including phenoxy) is 1. The summed E-state index contributed by atoms with van der Waals surface area (Å²) >= 11 is 0. The zero-order valence-electron chi connectivity index (χ0n) is 13.1. The molecule has 2 atom stereocenters. The van der Waals surface area contributed by atoms with Crippen molar-refractivity contribution in [2.24, 2.45) is 0 Å². The van der Waals surface area contributed by atoms with Crippen LogP contribution in [0.2, 0.25) is 0 Å². The molecule has 1 spiro atoms. The molecule has 120 valence electrons. The summed E-state index contributed by atoms with van der Waals surface area (Å²) in [6, 6.07) is 2.06. The van der Waals surface area contributed by atoms with Crippen LogP contribution in [0.5, 0.6) is 0 Å². The Balaban J connectivity index is 1.40. The fourth-order valence-corrected chi connectivity index (χ4v) is 3.34. The van der Waals surface area contributed by atoms with E-state index in [1.165, 1.54) is 0 Å². The van der Waals surface area contributed by atoms with E-state index in [0.717, 1.165) is 37.4 Å². The van der Waals surface area contributed by atoms with Gasteiger partial charge in [0.1, 0.15) is 0 Å². The molecule has 0 saturated carbocycles. The van der Waals surface area contributed by atoms with Crippen molar-refractivity contribution in [3.05, 3.63) is 36.4 Å². The maximum atomic E-state index is 6.15. The van der Waals surface area contributed by atoms with Crippen LogP contribution in [0.3, 0.4) is 0 Å². The molecular formula is C16H20N6O. The second kappa shape index (κ2) is 5.73. The van der Waals surface area contributed by atoms with Crippen molar-refractivity contribution in [3.8, 4) is 0 Å². The zero-order chi connectivity index (χ0) is 15.7. The minimum absolute atomic E-state index is 0.110. The third-order valence-corrected chi connectivity index (χ3v) is 4.47. The lowest BCUT2D eigenvalue weighted by atomic mass is 9.97. The van der Waals surface area contributed by atoms with Gasteiger partial charge in [0, 0.05) is 37.8 Å². The van der Waals surface area contributed by atoms with Crippen LogP contribution in [0.1, 0.15) is 18.4 Å². The summed E-state index contributed by atoms with van der Waals surface area (Å²) in [6.45, 7) is 4.44. The third-order valence-electron chi connectivity index (χ3n) is 4.47. The molecule has 4 heterocycles. The molecule has 7 heteroatoms. The SMILES string of the molecule is Cc1cnc(N2CC[C@]3(C[C@H](Nc4ncccn4)CO3)C2)nc1. The molecule has 1 N–H and O–H groups in total. The number of aromatic nitrogens is 4. The van der Waals surface area contributed by atoms with Crippen LogP contribution >= 0.6 is 0 Å². The van der Waals surface area contributed by atoms with Crippen LogP contribution in [-0.2, 0) is 4.74 Å². The van der Waals surface area contributed by atoms with E-state index in [2.05, 4.69) is 30.2 Å². The van der Waals surface area contributed by atoms with Gasteiger partial charge in [0.15, 0.2) is 0 Å². The molecule has 2 aliphatic rings.